The first-order chi connectivity index (χ1) is 11.0. The number of nitrogens with two attached hydrogens (primary N) is 1. The Bertz CT molecular complexity index is 863. The molecule has 1 aromatic carbocycles. The lowest BCUT2D eigenvalue weighted by Crippen LogP contribution is -2.12. The molecular formula is C13H12ClN5OS3. The molecular weight excluding hydrogens is 374 g/mol. The third-order valence-electron chi connectivity index (χ3n) is 2.99. The molecule has 120 valence electrons. The average molecular weight is 386 g/mol. The topological polar surface area (TPSA) is 86.7 Å². The highest BCUT2D eigenvalue weighted by molar-refractivity contribution is 8.03. The summed E-state index contributed by atoms with van der Waals surface area (Å²) in [6, 6.07) is 5.67. The van der Waals surface area contributed by atoms with Gasteiger partial charge in [-0.2, -0.15) is 0 Å². The van der Waals surface area contributed by atoms with Crippen molar-refractivity contribution in [1.82, 2.24) is 19.7 Å². The summed E-state index contributed by atoms with van der Waals surface area (Å²) < 4.78 is 3.62. The molecule has 0 saturated carbocycles. The van der Waals surface area contributed by atoms with E-state index in [4.69, 9.17) is 17.3 Å². The second-order valence-electron chi connectivity index (χ2n) is 4.60. The second kappa shape index (κ2) is 7.08. The van der Waals surface area contributed by atoms with Crippen LogP contribution in [0.3, 0.4) is 0 Å². The van der Waals surface area contributed by atoms with Gasteiger partial charge in [-0.3, -0.25) is 4.79 Å². The number of halogens is 1. The summed E-state index contributed by atoms with van der Waals surface area (Å²) in [5.41, 5.74) is 7.04. The number of fused-ring (bicyclic) bond motifs is 1. The first kappa shape index (κ1) is 16.6. The molecule has 6 nitrogen and oxygen atoms in total. The average Bonchev–Trinajstić information content (AvgIpc) is 3.08. The smallest absolute Gasteiger partial charge is 0.227 e. The van der Waals surface area contributed by atoms with Gasteiger partial charge in [0, 0.05) is 12.1 Å². The number of amides is 1. The molecule has 0 fully saturated rings. The van der Waals surface area contributed by atoms with Crippen LogP contribution >= 0.6 is 46.5 Å². The van der Waals surface area contributed by atoms with Gasteiger partial charge in [0.1, 0.15) is 5.82 Å². The molecule has 2 N–H and O–H groups in total. The van der Waals surface area contributed by atoms with Gasteiger partial charge in [-0.25, -0.2) is 4.98 Å². The molecule has 0 radical (unpaired) electrons. The number of carbonyl (C=O) groups excluding carboxylic acids is 1. The number of nitrogens with zero attached hydrogens (tertiary/aromatic N) is 4. The van der Waals surface area contributed by atoms with E-state index in [9.17, 15) is 4.79 Å². The molecule has 2 heterocycles. The van der Waals surface area contributed by atoms with Gasteiger partial charge in [0.15, 0.2) is 8.68 Å². The molecule has 10 heteroatoms. The SMILES string of the molecule is Cn1c(CSc2nnc(SCC(N)=O)s2)nc2cc(Cl)ccc21. The fourth-order valence-corrected chi connectivity index (χ4v) is 4.83. The number of rotatable bonds is 6. The second-order valence-corrected chi connectivity index (χ2v) is 8.46. The number of hydrogen-bond donors (Lipinski definition) is 1. The third kappa shape index (κ3) is 3.97. The maximum atomic E-state index is 10.8. The summed E-state index contributed by atoms with van der Waals surface area (Å²) in [5.74, 6) is 1.47. The Labute approximate surface area is 149 Å². The van der Waals surface area contributed by atoms with Crippen LogP contribution in [0.4, 0.5) is 0 Å². The minimum absolute atomic E-state index is 0.213. The number of aryl methyl sites for hydroxylation is 1. The van der Waals surface area contributed by atoms with E-state index in [1.807, 2.05) is 29.8 Å². The zero-order chi connectivity index (χ0) is 16.4. The third-order valence-corrected chi connectivity index (χ3v) is 6.43. The van der Waals surface area contributed by atoms with Crippen LogP contribution in [0.5, 0.6) is 0 Å². The van der Waals surface area contributed by atoms with Crippen molar-refractivity contribution in [2.45, 2.75) is 14.4 Å². The number of imidazole rings is 1. The Kier molecular flexibility index (Phi) is 5.10. The van der Waals surface area contributed by atoms with Crippen LogP contribution in [0, 0.1) is 0 Å². The molecule has 0 saturated heterocycles. The molecule has 0 bridgehead atoms. The highest BCUT2D eigenvalue weighted by atomic mass is 35.5. The maximum absolute atomic E-state index is 10.8. The van der Waals surface area contributed by atoms with Crippen molar-refractivity contribution in [1.29, 1.82) is 0 Å². The molecule has 0 aliphatic carbocycles. The van der Waals surface area contributed by atoms with Crippen molar-refractivity contribution >= 4 is 63.4 Å². The Morgan fingerprint density at radius 3 is 2.83 bits per heavy atom. The van der Waals surface area contributed by atoms with Gasteiger partial charge >= 0.3 is 0 Å². The fourth-order valence-electron chi connectivity index (χ4n) is 1.92. The number of primary amides is 1. The van der Waals surface area contributed by atoms with Gasteiger partial charge in [0.2, 0.25) is 5.91 Å². The maximum Gasteiger partial charge on any atom is 0.227 e. The van der Waals surface area contributed by atoms with Crippen LogP contribution in [-0.4, -0.2) is 31.4 Å². The van der Waals surface area contributed by atoms with Gasteiger partial charge < -0.3 is 10.3 Å². The van der Waals surface area contributed by atoms with Gasteiger partial charge in [-0.1, -0.05) is 46.5 Å². The Morgan fingerprint density at radius 1 is 1.35 bits per heavy atom. The van der Waals surface area contributed by atoms with Crippen molar-refractivity contribution in [3.8, 4) is 0 Å². The Hall–Kier alpha value is -1.29. The van der Waals surface area contributed by atoms with Crippen molar-refractivity contribution in [2.24, 2.45) is 12.8 Å². The quantitative estimate of drug-likeness (QED) is 0.656. The van der Waals surface area contributed by atoms with Crippen molar-refractivity contribution in [3.63, 3.8) is 0 Å². The number of thioether (sulfide) groups is 2. The largest absolute Gasteiger partial charge is 0.369 e. The van der Waals surface area contributed by atoms with Crippen molar-refractivity contribution < 1.29 is 4.79 Å². The summed E-state index contributed by atoms with van der Waals surface area (Å²) in [7, 11) is 1.98. The summed E-state index contributed by atoms with van der Waals surface area (Å²) >= 11 is 10.3. The molecule has 0 spiro atoms. The minimum atomic E-state index is -0.363. The first-order valence-electron chi connectivity index (χ1n) is 6.51. The van der Waals surface area contributed by atoms with E-state index in [2.05, 4.69) is 15.2 Å². The van der Waals surface area contributed by atoms with E-state index in [1.165, 1.54) is 23.1 Å². The first-order valence-corrected chi connectivity index (χ1v) is 9.68. The van der Waals surface area contributed by atoms with E-state index in [0.717, 1.165) is 25.5 Å². The zero-order valence-corrected chi connectivity index (χ0v) is 15.2. The van der Waals surface area contributed by atoms with E-state index in [-0.39, 0.29) is 11.7 Å². The van der Waals surface area contributed by atoms with E-state index in [0.29, 0.717) is 10.8 Å². The van der Waals surface area contributed by atoms with Crippen molar-refractivity contribution in [2.75, 3.05) is 5.75 Å². The van der Waals surface area contributed by atoms with Crippen LogP contribution in [0.15, 0.2) is 26.9 Å². The minimum Gasteiger partial charge on any atom is -0.369 e. The molecule has 23 heavy (non-hydrogen) atoms. The Balaban J connectivity index is 1.68. The van der Waals surface area contributed by atoms with Gasteiger partial charge in [0.25, 0.3) is 0 Å². The molecule has 3 aromatic rings. The standard InChI is InChI=1S/C13H12ClN5OS3/c1-19-9-3-2-7(14)4-8(9)16-11(19)6-22-13-18-17-12(23-13)21-5-10(15)20/h2-4H,5-6H2,1H3,(H2,15,20). The van der Waals surface area contributed by atoms with Crippen LogP contribution < -0.4 is 5.73 Å². The van der Waals surface area contributed by atoms with Crippen molar-refractivity contribution in [3.05, 3.63) is 29.0 Å². The number of aromatic nitrogens is 4. The van der Waals surface area contributed by atoms with E-state index >= 15 is 0 Å². The molecule has 0 atom stereocenters. The highest BCUT2D eigenvalue weighted by Gasteiger charge is 2.11. The summed E-state index contributed by atoms with van der Waals surface area (Å²) in [5, 5.41) is 8.82. The highest BCUT2D eigenvalue weighted by Crippen LogP contribution is 2.31. The monoisotopic (exact) mass is 385 g/mol. The van der Waals surface area contributed by atoms with E-state index in [1.54, 1.807) is 11.8 Å². The molecule has 0 aliphatic heterocycles. The lowest BCUT2D eigenvalue weighted by molar-refractivity contribution is -0.115. The van der Waals surface area contributed by atoms with Crippen LogP contribution in [-0.2, 0) is 17.6 Å². The number of carbonyl (C=O) groups is 1. The predicted octanol–water partition coefficient (Wildman–Crippen LogP) is 2.95. The predicted molar refractivity (Wildman–Crippen MR) is 95.1 cm³/mol. The van der Waals surface area contributed by atoms with E-state index < -0.39 is 0 Å². The molecule has 2 aromatic heterocycles. The van der Waals surface area contributed by atoms with Crippen LogP contribution in [0.25, 0.3) is 11.0 Å². The summed E-state index contributed by atoms with van der Waals surface area (Å²) in [6.45, 7) is 0. The van der Waals surface area contributed by atoms with Crippen LogP contribution in [0.1, 0.15) is 5.82 Å². The van der Waals surface area contributed by atoms with Gasteiger partial charge in [-0.15, -0.1) is 10.2 Å². The van der Waals surface area contributed by atoms with Gasteiger partial charge in [0.05, 0.1) is 22.5 Å². The molecule has 0 unspecified atom stereocenters. The number of hydrogen-bond acceptors (Lipinski definition) is 7. The zero-order valence-electron chi connectivity index (χ0n) is 12.0. The summed E-state index contributed by atoms with van der Waals surface area (Å²) in [6.07, 6.45) is 0. The summed E-state index contributed by atoms with van der Waals surface area (Å²) in [4.78, 5) is 15.4. The lowest BCUT2D eigenvalue weighted by Gasteiger charge is -2.00. The number of benzene rings is 1. The molecule has 1 amide bonds. The lowest BCUT2D eigenvalue weighted by atomic mass is 10.3. The van der Waals surface area contributed by atoms with Gasteiger partial charge in [-0.05, 0) is 18.2 Å². The molecule has 3 rings (SSSR count). The Morgan fingerprint density at radius 2 is 2.09 bits per heavy atom. The fraction of sp³-hybridized carbons (Fsp3) is 0.231. The van der Waals surface area contributed by atoms with Crippen LogP contribution in [0.2, 0.25) is 5.02 Å². The normalized spacial score (nSPS) is 11.2. The molecule has 0 aliphatic rings.